The Labute approximate surface area is 192 Å². The predicted molar refractivity (Wildman–Crippen MR) is 126 cm³/mol. The Kier molecular flexibility index (Phi) is 3.91. The maximum Gasteiger partial charge on any atom is 0.176 e. The zero-order valence-corrected chi connectivity index (χ0v) is 18.4. The molecule has 1 atom stereocenters. The SMILES string of the molecule is N[C@@H]1c2ccccc2OC12CCN(c1cnc3c(C4(c5ccccc5)CC4)n[nH]c3n1)CC2. The summed E-state index contributed by atoms with van der Waals surface area (Å²) in [4.78, 5) is 12.0. The summed E-state index contributed by atoms with van der Waals surface area (Å²) in [5, 5.41) is 7.83. The molecule has 166 valence electrons. The van der Waals surface area contributed by atoms with Crippen LogP contribution >= 0.6 is 0 Å². The van der Waals surface area contributed by atoms with Crippen molar-refractivity contribution in [3.8, 4) is 5.75 Å². The molecule has 4 aromatic rings. The fraction of sp³-hybridized carbons (Fsp3) is 0.346. The summed E-state index contributed by atoms with van der Waals surface area (Å²) in [6, 6.07) is 18.7. The fourth-order valence-corrected chi connectivity index (χ4v) is 5.75. The Balaban J connectivity index is 1.13. The number of anilines is 1. The Hall–Kier alpha value is -3.45. The van der Waals surface area contributed by atoms with E-state index in [1.807, 2.05) is 24.4 Å². The highest BCUT2D eigenvalue weighted by molar-refractivity contribution is 5.77. The van der Waals surface area contributed by atoms with E-state index in [0.29, 0.717) is 0 Å². The molecule has 3 N–H and O–H groups in total. The lowest BCUT2D eigenvalue weighted by Crippen LogP contribution is -2.51. The molecule has 4 heterocycles. The fourth-order valence-electron chi connectivity index (χ4n) is 5.75. The van der Waals surface area contributed by atoms with Crippen molar-refractivity contribution in [1.82, 2.24) is 20.2 Å². The zero-order valence-electron chi connectivity index (χ0n) is 18.4. The van der Waals surface area contributed by atoms with Crippen molar-refractivity contribution in [3.63, 3.8) is 0 Å². The van der Waals surface area contributed by atoms with Gasteiger partial charge in [-0.15, -0.1) is 0 Å². The highest BCUT2D eigenvalue weighted by atomic mass is 16.5. The van der Waals surface area contributed by atoms with Gasteiger partial charge in [0.25, 0.3) is 0 Å². The van der Waals surface area contributed by atoms with E-state index in [4.69, 9.17) is 20.4 Å². The van der Waals surface area contributed by atoms with Crippen molar-refractivity contribution < 1.29 is 4.74 Å². The number of benzene rings is 2. The summed E-state index contributed by atoms with van der Waals surface area (Å²) < 4.78 is 6.39. The largest absolute Gasteiger partial charge is 0.485 e. The van der Waals surface area contributed by atoms with Gasteiger partial charge in [0.15, 0.2) is 5.65 Å². The van der Waals surface area contributed by atoms with Crippen molar-refractivity contribution in [2.24, 2.45) is 5.73 Å². The molecule has 0 bridgehead atoms. The molecule has 1 saturated carbocycles. The van der Waals surface area contributed by atoms with Gasteiger partial charge in [0.2, 0.25) is 0 Å². The minimum absolute atomic E-state index is 0.0296. The molecule has 2 aliphatic heterocycles. The third-order valence-corrected chi connectivity index (χ3v) is 7.86. The average molecular weight is 439 g/mol. The summed E-state index contributed by atoms with van der Waals surface area (Å²) >= 11 is 0. The van der Waals surface area contributed by atoms with E-state index >= 15 is 0 Å². The molecule has 1 spiro atoms. The van der Waals surface area contributed by atoms with Crippen LogP contribution in [0.15, 0.2) is 60.8 Å². The van der Waals surface area contributed by atoms with Crippen molar-refractivity contribution in [1.29, 1.82) is 0 Å². The molecule has 1 saturated heterocycles. The molecule has 0 amide bonds. The number of aromatic nitrogens is 4. The highest BCUT2D eigenvalue weighted by Crippen LogP contribution is 2.54. The summed E-state index contributed by atoms with van der Waals surface area (Å²) in [6.45, 7) is 1.66. The van der Waals surface area contributed by atoms with Crippen LogP contribution in [-0.4, -0.2) is 38.9 Å². The topological polar surface area (TPSA) is 93.0 Å². The van der Waals surface area contributed by atoms with Crippen LogP contribution in [0, 0.1) is 0 Å². The number of H-pyrrole nitrogens is 1. The Morgan fingerprint density at radius 2 is 1.73 bits per heavy atom. The predicted octanol–water partition coefficient (Wildman–Crippen LogP) is 3.86. The second-order valence-electron chi connectivity index (χ2n) is 9.62. The standard InChI is InChI=1S/C26H26N6O/c27-22-18-8-4-5-9-19(18)33-26(22)12-14-32(15-13-26)20-16-28-21-23(30-31-24(21)29-20)25(10-11-25)17-6-2-1-3-7-17/h1-9,16,22H,10-15,27H2,(H,29,30,31)/t22-/m1/s1. The molecule has 1 aliphatic carbocycles. The van der Waals surface area contributed by atoms with E-state index in [1.165, 1.54) is 5.56 Å². The summed E-state index contributed by atoms with van der Waals surface area (Å²) in [5.41, 5.74) is 11.3. The first-order chi connectivity index (χ1) is 16.2. The lowest BCUT2D eigenvalue weighted by atomic mass is 9.83. The number of fused-ring (bicyclic) bond motifs is 2. The van der Waals surface area contributed by atoms with Gasteiger partial charge in [0, 0.05) is 36.9 Å². The number of nitrogens with zero attached hydrogens (tertiary/aromatic N) is 4. The molecule has 0 unspecified atom stereocenters. The van der Waals surface area contributed by atoms with Gasteiger partial charge < -0.3 is 15.4 Å². The van der Waals surface area contributed by atoms with E-state index in [-0.39, 0.29) is 17.1 Å². The van der Waals surface area contributed by atoms with Crippen LogP contribution in [0.2, 0.25) is 0 Å². The first-order valence-electron chi connectivity index (χ1n) is 11.7. The van der Waals surface area contributed by atoms with Crippen LogP contribution in [0.4, 0.5) is 5.82 Å². The maximum atomic E-state index is 6.63. The second kappa shape index (κ2) is 6.78. The van der Waals surface area contributed by atoms with Crippen LogP contribution < -0.4 is 15.4 Å². The highest BCUT2D eigenvalue weighted by Gasteiger charge is 2.50. The van der Waals surface area contributed by atoms with Gasteiger partial charge in [0.05, 0.1) is 12.2 Å². The van der Waals surface area contributed by atoms with Crippen LogP contribution in [-0.2, 0) is 5.41 Å². The van der Waals surface area contributed by atoms with Crippen molar-refractivity contribution in [3.05, 3.63) is 77.6 Å². The van der Waals surface area contributed by atoms with E-state index in [0.717, 1.165) is 72.8 Å². The molecule has 2 fully saturated rings. The number of aromatic amines is 1. The Bertz CT molecular complexity index is 1340. The van der Waals surface area contributed by atoms with Gasteiger partial charge in [-0.25, -0.2) is 9.97 Å². The van der Waals surface area contributed by atoms with Crippen LogP contribution in [0.5, 0.6) is 5.75 Å². The van der Waals surface area contributed by atoms with Gasteiger partial charge in [-0.3, -0.25) is 5.10 Å². The molecule has 7 rings (SSSR count). The minimum atomic E-state index is -0.326. The molecule has 33 heavy (non-hydrogen) atoms. The molecule has 0 radical (unpaired) electrons. The van der Waals surface area contributed by atoms with E-state index in [2.05, 4.69) is 51.5 Å². The maximum absolute atomic E-state index is 6.63. The average Bonchev–Trinajstić information content (AvgIpc) is 3.49. The van der Waals surface area contributed by atoms with Gasteiger partial charge in [-0.05, 0) is 24.5 Å². The van der Waals surface area contributed by atoms with Gasteiger partial charge in [-0.1, -0.05) is 48.5 Å². The van der Waals surface area contributed by atoms with Gasteiger partial charge >= 0.3 is 0 Å². The van der Waals surface area contributed by atoms with Crippen molar-refractivity contribution >= 4 is 17.0 Å². The second-order valence-corrected chi connectivity index (χ2v) is 9.62. The summed E-state index contributed by atoms with van der Waals surface area (Å²) in [5.74, 6) is 1.80. The van der Waals surface area contributed by atoms with Gasteiger partial charge in [0.1, 0.15) is 28.4 Å². The summed E-state index contributed by atoms with van der Waals surface area (Å²) in [7, 11) is 0. The third-order valence-electron chi connectivity index (χ3n) is 7.86. The molecule has 2 aromatic heterocycles. The number of hydrogen-bond acceptors (Lipinski definition) is 6. The number of para-hydroxylation sites is 1. The minimum Gasteiger partial charge on any atom is -0.485 e. The van der Waals surface area contributed by atoms with E-state index in [9.17, 15) is 0 Å². The normalized spacial score (nSPS) is 22.3. The van der Waals surface area contributed by atoms with Gasteiger partial charge in [-0.2, -0.15) is 5.10 Å². The first-order valence-corrected chi connectivity index (χ1v) is 11.7. The molecule has 7 heteroatoms. The third kappa shape index (κ3) is 2.75. The number of rotatable bonds is 3. The van der Waals surface area contributed by atoms with E-state index < -0.39 is 0 Å². The number of ether oxygens (including phenoxy) is 1. The smallest absolute Gasteiger partial charge is 0.176 e. The van der Waals surface area contributed by atoms with Crippen molar-refractivity contribution in [2.75, 3.05) is 18.0 Å². The number of nitrogens with one attached hydrogen (secondary N) is 1. The summed E-state index contributed by atoms with van der Waals surface area (Å²) in [6.07, 6.45) is 5.79. The lowest BCUT2D eigenvalue weighted by Gasteiger charge is -2.41. The number of piperidine rings is 1. The van der Waals surface area contributed by atoms with Crippen molar-refractivity contribution in [2.45, 2.75) is 42.7 Å². The quantitative estimate of drug-likeness (QED) is 0.505. The Morgan fingerprint density at radius 3 is 2.48 bits per heavy atom. The van der Waals surface area contributed by atoms with Crippen LogP contribution in [0.1, 0.15) is 48.5 Å². The lowest BCUT2D eigenvalue weighted by molar-refractivity contribution is 0.0431. The number of nitrogens with two attached hydrogens (primary N) is 1. The van der Waals surface area contributed by atoms with E-state index in [1.54, 1.807) is 0 Å². The molecule has 2 aromatic carbocycles. The molecular formula is C26H26N6O. The molecule has 7 nitrogen and oxygen atoms in total. The monoisotopic (exact) mass is 438 g/mol. The molecular weight excluding hydrogens is 412 g/mol. The number of hydrogen-bond donors (Lipinski definition) is 2. The van der Waals surface area contributed by atoms with Crippen LogP contribution in [0.3, 0.4) is 0 Å². The zero-order chi connectivity index (χ0) is 22.0. The Morgan fingerprint density at radius 1 is 0.970 bits per heavy atom. The van der Waals surface area contributed by atoms with Crippen LogP contribution in [0.25, 0.3) is 11.2 Å². The first kappa shape index (κ1) is 19.1. The molecule has 3 aliphatic rings.